The number of halogens is 1. The van der Waals surface area contributed by atoms with Gasteiger partial charge >= 0.3 is 0 Å². The number of anilines is 1. The van der Waals surface area contributed by atoms with Crippen molar-refractivity contribution in [2.75, 3.05) is 5.32 Å². The maximum absolute atomic E-state index is 10.2. The number of amides is 1. The van der Waals surface area contributed by atoms with Crippen molar-refractivity contribution in [3.8, 4) is 11.4 Å². The molecule has 2 heterocycles. The molecule has 0 aliphatic carbocycles. The monoisotopic (exact) mass is 236 g/mol. The second kappa shape index (κ2) is 4.32. The maximum Gasteiger partial charge on any atom is 0.211 e. The first-order valence-electron chi connectivity index (χ1n) is 4.56. The SMILES string of the molecule is Cn1ccc(-c2ncc(NC=O)cc2Cl)n1. The molecule has 6 heteroatoms. The van der Waals surface area contributed by atoms with E-state index in [2.05, 4.69) is 15.4 Å². The number of hydrogen-bond acceptors (Lipinski definition) is 3. The summed E-state index contributed by atoms with van der Waals surface area (Å²) >= 11 is 6.04. The van der Waals surface area contributed by atoms with Crippen molar-refractivity contribution in [2.24, 2.45) is 7.05 Å². The second-order valence-electron chi connectivity index (χ2n) is 3.19. The van der Waals surface area contributed by atoms with E-state index in [0.717, 1.165) is 0 Å². The Labute approximate surface area is 97.1 Å². The highest BCUT2D eigenvalue weighted by Gasteiger charge is 2.08. The molecule has 0 aromatic carbocycles. The van der Waals surface area contributed by atoms with Crippen molar-refractivity contribution in [3.05, 3.63) is 29.5 Å². The van der Waals surface area contributed by atoms with Gasteiger partial charge in [0.05, 0.1) is 16.9 Å². The van der Waals surface area contributed by atoms with E-state index in [-0.39, 0.29) is 0 Å². The Morgan fingerprint density at radius 1 is 1.56 bits per heavy atom. The third-order valence-electron chi connectivity index (χ3n) is 2.02. The number of carbonyl (C=O) groups excluding carboxylic acids is 1. The fourth-order valence-electron chi connectivity index (χ4n) is 1.31. The Morgan fingerprint density at radius 3 is 2.94 bits per heavy atom. The van der Waals surface area contributed by atoms with Gasteiger partial charge in [-0.2, -0.15) is 5.10 Å². The number of nitrogens with one attached hydrogen (secondary N) is 1. The molecule has 0 saturated carbocycles. The third-order valence-corrected chi connectivity index (χ3v) is 2.31. The molecule has 0 atom stereocenters. The van der Waals surface area contributed by atoms with Crippen LogP contribution in [0.1, 0.15) is 0 Å². The molecule has 1 N–H and O–H groups in total. The second-order valence-corrected chi connectivity index (χ2v) is 3.60. The van der Waals surface area contributed by atoms with Crippen LogP contribution >= 0.6 is 11.6 Å². The lowest BCUT2D eigenvalue weighted by molar-refractivity contribution is -0.105. The van der Waals surface area contributed by atoms with E-state index in [1.165, 1.54) is 6.20 Å². The fraction of sp³-hybridized carbons (Fsp3) is 0.100. The number of carbonyl (C=O) groups is 1. The zero-order chi connectivity index (χ0) is 11.5. The molecule has 82 valence electrons. The molecule has 0 spiro atoms. The number of hydrogen-bond donors (Lipinski definition) is 1. The Balaban J connectivity index is 2.39. The van der Waals surface area contributed by atoms with Gasteiger partial charge in [-0.15, -0.1) is 0 Å². The lowest BCUT2D eigenvalue weighted by Crippen LogP contribution is -1.96. The number of pyridine rings is 1. The predicted molar refractivity (Wildman–Crippen MR) is 61.1 cm³/mol. The molecule has 16 heavy (non-hydrogen) atoms. The molecule has 2 rings (SSSR count). The summed E-state index contributed by atoms with van der Waals surface area (Å²) in [6.07, 6.45) is 3.92. The van der Waals surface area contributed by atoms with Crippen molar-refractivity contribution in [1.82, 2.24) is 14.8 Å². The molecule has 1 amide bonds. The van der Waals surface area contributed by atoms with E-state index < -0.39 is 0 Å². The first kappa shape index (κ1) is 10.6. The number of aromatic nitrogens is 3. The minimum absolute atomic E-state index is 0.450. The third kappa shape index (κ3) is 2.04. The topological polar surface area (TPSA) is 59.8 Å². The van der Waals surface area contributed by atoms with Crippen LogP contribution in [0.3, 0.4) is 0 Å². The van der Waals surface area contributed by atoms with Gasteiger partial charge in [0.2, 0.25) is 6.41 Å². The van der Waals surface area contributed by atoms with E-state index in [1.54, 1.807) is 10.7 Å². The molecular weight excluding hydrogens is 228 g/mol. The summed E-state index contributed by atoms with van der Waals surface area (Å²) in [5.41, 5.74) is 1.85. The molecule has 5 nitrogen and oxygen atoms in total. The highest BCUT2D eigenvalue weighted by molar-refractivity contribution is 6.33. The van der Waals surface area contributed by atoms with Crippen molar-refractivity contribution >= 4 is 23.7 Å². The van der Waals surface area contributed by atoms with Crippen LogP contribution in [0.25, 0.3) is 11.4 Å². The number of aryl methyl sites for hydroxylation is 1. The Morgan fingerprint density at radius 2 is 2.38 bits per heavy atom. The molecule has 0 saturated heterocycles. The van der Waals surface area contributed by atoms with Crippen LogP contribution in [-0.4, -0.2) is 21.2 Å². The highest BCUT2D eigenvalue weighted by atomic mass is 35.5. The summed E-state index contributed by atoms with van der Waals surface area (Å²) in [5.74, 6) is 0. The van der Waals surface area contributed by atoms with Gasteiger partial charge in [0.15, 0.2) is 0 Å². The molecule has 0 fully saturated rings. The van der Waals surface area contributed by atoms with Gasteiger partial charge in [-0.25, -0.2) is 0 Å². The van der Waals surface area contributed by atoms with Gasteiger partial charge < -0.3 is 5.32 Å². The smallest absolute Gasteiger partial charge is 0.211 e. The van der Waals surface area contributed by atoms with E-state index in [9.17, 15) is 4.79 Å². The fourth-order valence-corrected chi connectivity index (χ4v) is 1.58. The number of nitrogens with zero attached hydrogens (tertiary/aromatic N) is 3. The quantitative estimate of drug-likeness (QED) is 0.826. The largest absolute Gasteiger partial charge is 0.327 e. The summed E-state index contributed by atoms with van der Waals surface area (Å²) in [6.45, 7) is 0. The van der Waals surface area contributed by atoms with Crippen molar-refractivity contribution in [1.29, 1.82) is 0 Å². The van der Waals surface area contributed by atoms with Crippen LogP contribution in [0.2, 0.25) is 5.02 Å². The van der Waals surface area contributed by atoms with Crippen molar-refractivity contribution in [3.63, 3.8) is 0 Å². The van der Waals surface area contributed by atoms with Crippen LogP contribution in [0.4, 0.5) is 5.69 Å². The molecule has 0 aliphatic rings. The average Bonchev–Trinajstić information content (AvgIpc) is 2.65. The minimum atomic E-state index is 0.450. The zero-order valence-electron chi connectivity index (χ0n) is 8.51. The summed E-state index contributed by atoms with van der Waals surface area (Å²) < 4.78 is 1.67. The standard InChI is InChI=1S/C10H9ClN4O/c1-15-3-2-9(14-15)10-8(11)4-7(5-12-10)13-6-16/h2-6H,1H3,(H,13,16). The van der Waals surface area contributed by atoms with E-state index in [0.29, 0.717) is 28.5 Å². The number of rotatable bonds is 3. The Bertz CT molecular complexity index is 523. The van der Waals surface area contributed by atoms with Gasteiger partial charge in [0.1, 0.15) is 11.4 Å². The van der Waals surface area contributed by atoms with Crippen LogP contribution in [0.5, 0.6) is 0 Å². The maximum atomic E-state index is 10.2. The van der Waals surface area contributed by atoms with Crippen LogP contribution in [-0.2, 0) is 11.8 Å². The molecule has 2 aromatic heterocycles. The van der Waals surface area contributed by atoms with Gasteiger partial charge in [0, 0.05) is 13.2 Å². The average molecular weight is 237 g/mol. The molecule has 0 bridgehead atoms. The van der Waals surface area contributed by atoms with Gasteiger partial charge in [-0.3, -0.25) is 14.5 Å². The molecular formula is C10H9ClN4O. The van der Waals surface area contributed by atoms with Gasteiger partial charge in [0.25, 0.3) is 0 Å². The van der Waals surface area contributed by atoms with E-state index in [1.807, 2.05) is 19.3 Å². The summed E-state index contributed by atoms with van der Waals surface area (Å²) in [5, 5.41) is 7.13. The summed E-state index contributed by atoms with van der Waals surface area (Å²) in [4.78, 5) is 14.4. The first-order chi connectivity index (χ1) is 7.70. The van der Waals surface area contributed by atoms with E-state index >= 15 is 0 Å². The lowest BCUT2D eigenvalue weighted by atomic mass is 10.2. The van der Waals surface area contributed by atoms with Crippen LogP contribution < -0.4 is 5.32 Å². The summed E-state index contributed by atoms with van der Waals surface area (Å²) in [7, 11) is 1.82. The zero-order valence-corrected chi connectivity index (χ0v) is 9.27. The highest BCUT2D eigenvalue weighted by Crippen LogP contribution is 2.26. The normalized spacial score (nSPS) is 10.1. The summed E-state index contributed by atoms with van der Waals surface area (Å²) in [6, 6.07) is 3.45. The van der Waals surface area contributed by atoms with Crippen molar-refractivity contribution in [2.45, 2.75) is 0 Å². The molecule has 0 unspecified atom stereocenters. The van der Waals surface area contributed by atoms with Gasteiger partial charge in [-0.1, -0.05) is 11.6 Å². The van der Waals surface area contributed by atoms with Crippen LogP contribution in [0, 0.1) is 0 Å². The molecule has 2 aromatic rings. The predicted octanol–water partition coefficient (Wildman–Crippen LogP) is 1.70. The van der Waals surface area contributed by atoms with Gasteiger partial charge in [-0.05, 0) is 12.1 Å². The Kier molecular flexibility index (Phi) is 2.87. The minimum Gasteiger partial charge on any atom is -0.327 e. The van der Waals surface area contributed by atoms with Crippen molar-refractivity contribution < 1.29 is 4.79 Å². The van der Waals surface area contributed by atoms with E-state index in [4.69, 9.17) is 11.6 Å². The first-order valence-corrected chi connectivity index (χ1v) is 4.94. The molecule has 0 aliphatic heterocycles. The lowest BCUT2D eigenvalue weighted by Gasteiger charge is -2.02. The molecule has 0 radical (unpaired) electrons. The Hall–Kier alpha value is -1.88. The van der Waals surface area contributed by atoms with Crippen LogP contribution in [0.15, 0.2) is 24.5 Å².